The van der Waals surface area contributed by atoms with Crippen LogP contribution in [0.4, 0.5) is 0 Å². The molecule has 13 heteroatoms. The number of carbonyl (C=O) groups excluding carboxylic acids is 5. The zero-order valence-electron chi connectivity index (χ0n) is 36.3. The van der Waals surface area contributed by atoms with Crippen molar-refractivity contribution < 1.29 is 33.4 Å². The molecule has 60 heavy (non-hydrogen) atoms. The summed E-state index contributed by atoms with van der Waals surface area (Å²) in [5, 5.41) is 12.0. The van der Waals surface area contributed by atoms with Gasteiger partial charge in [-0.2, -0.15) is 5.26 Å². The number of hydrogen-bond donors (Lipinski definition) is 4. The molecular formula is C47H70N6O7. The molecule has 0 unspecified atom stereocenters. The maximum Gasteiger partial charge on any atom is 0.226 e. The molecule has 2 aromatic carbocycles. The molecule has 0 spiro atoms. The standard InChI is InChI=1S/C47H70N6O7/c1-4-5-6-7-8-9-10-11-12-13-15-37(54)31-36(21-23-49)47(58)53(3)45-35-18-20-44(60-27-25-51)39(32-35)38-29-34(17-19-43(38)59-26-24-50)30-40(41(55)16-14-22-48)52-46(57)33(2)28-42(45)56/h17-20,29,32-33,36,40,45H,4-16,21,23-28,30-31,49-51H2,1-3H3,(H,52,57)/t33-,36-,40+,45+/m1/s1. The highest BCUT2D eigenvalue weighted by Crippen LogP contribution is 2.41. The number of amides is 2. The Morgan fingerprint density at radius 1 is 0.833 bits per heavy atom. The predicted octanol–water partition coefficient (Wildman–Crippen LogP) is 6.27. The van der Waals surface area contributed by atoms with Crippen LogP contribution in [0.5, 0.6) is 11.5 Å². The lowest BCUT2D eigenvalue weighted by molar-refractivity contribution is -0.143. The van der Waals surface area contributed by atoms with Gasteiger partial charge in [0.05, 0.1) is 12.1 Å². The molecule has 2 amide bonds. The van der Waals surface area contributed by atoms with E-state index in [9.17, 15) is 29.2 Å². The highest BCUT2D eigenvalue weighted by atomic mass is 16.5. The average molecular weight is 831 g/mol. The van der Waals surface area contributed by atoms with E-state index in [2.05, 4.69) is 12.2 Å². The smallest absolute Gasteiger partial charge is 0.226 e. The van der Waals surface area contributed by atoms with Gasteiger partial charge in [0.25, 0.3) is 0 Å². The first-order valence-electron chi connectivity index (χ1n) is 22.1. The van der Waals surface area contributed by atoms with Crippen LogP contribution in [0.1, 0.15) is 134 Å². The number of likely N-dealkylation sites (N-methyl/N-ethyl adjacent to an activating group) is 1. The van der Waals surface area contributed by atoms with Gasteiger partial charge >= 0.3 is 0 Å². The van der Waals surface area contributed by atoms with Crippen LogP contribution in [0.3, 0.4) is 0 Å². The Balaban J connectivity index is 2.01. The van der Waals surface area contributed by atoms with Crippen LogP contribution in [-0.4, -0.2) is 80.0 Å². The van der Waals surface area contributed by atoms with Gasteiger partial charge in [0.15, 0.2) is 11.6 Å². The van der Waals surface area contributed by atoms with Crippen molar-refractivity contribution in [2.24, 2.45) is 29.0 Å². The quantitative estimate of drug-likeness (QED) is 0.0774. The summed E-state index contributed by atoms with van der Waals surface area (Å²) in [5.41, 5.74) is 20.0. The monoisotopic (exact) mass is 831 g/mol. The molecule has 4 atom stereocenters. The van der Waals surface area contributed by atoms with Crippen molar-refractivity contribution in [3.05, 3.63) is 47.5 Å². The van der Waals surface area contributed by atoms with E-state index in [1.54, 1.807) is 44.3 Å². The molecule has 2 aromatic rings. The number of nitriles is 1. The highest BCUT2D eigenvalue weighted by Gasteiger charge is 2.36. The first-order valence-corrected chi connectivity index (χ1v) is 22.1. The van der Waals surface area contributed by atoms with Crippen molar-refractivity contribution >= 4 is 29.2 Å². The number of benzene rings is 2. The Morgan fingerprint density at radius 3 is 2.03 bits per heavy atom. The zero-order chi connectivity index (χ0) is 43.9. The van der Waals surface area contributed by atoms with Crippen LogP contribution >= 0.6 is 0 Å². The number of rotatable bonds is 26. The fraction of sp³-hybridized carbons (Fsp3) is 0.617. The third-order valence-corrected chi connectivity index (χ3v) is 11.2. The van der Waals surface area contributed by atoms with Gasteiger partial charge in [0, 0.05) is 75.2 Å². The topological polar surface area (TPSA) is 221 Å². The van der Waals surface area contributed by atoms with E-state index in [1.807, 2.05) is 12.1 Å². The van der Waals surface area contributed by atoms with Gasteiger partial charge in [-0.05, 0) is 61.2 Å². The number of ether oxygens (including phenoxy) is 2. The van der Waals surface area contributed by atoms with Gasteiger partial charge in [0.1, 0.15) is 36.5 Å². The summed E-state index contributed by atoms with van der Waals surface area (Å²) in [6.45, 7) is 4.88. The van der Waals surface area contributed by atoms with Crippen LogP contribution in [0.2, 0.25) is 0 Å². The summed E-state index contributed by atoms with van der Waals surface area (Å²) in [6.07, 6.45) is 12.0. The lowest BCUT2D eigenvalue weighted by atomic mass is 9.88. The van der Waals surface area contributed by atoms with E-state index >= 15 is 0 Å². The van der Waals surface area contributed by atoms with E-state index in [1.165, 1.54) is 43.4 Å². The Hall–Kier alpha value is -4.64. The molecule has 1 aliphatic rings. The molecule has 7 N–H and O–H groups in total. The molecule has 330 valence electrons. The fourth-order valence-electron chi connectivity index (χ4n) is 7.83. The predicted molar refractivity (Wildman–Crippen MR) is 234 cm³/mol. The minimum absolute atomic E-state index is 0.00940. The van der Waals surface area contributed by atoms with Gasteiger partial charge in [-0.15, -0.1) is 0 Å². The van der Waals surface area contributed by atoms with E-state index in [0.717, 1.165) is 25.7 Å². The summed E-state index contributed by atoms with van der Waals surface area (Å²) in [7, 11) is 1.55. The zero-order valence-corrected chi connectivity index (χ0v) is 36.3. The lowest BCUT2D eigenvalue weighted by Crippen LogP contribution is -2.46. The number of ketones is 3. The van der Waals surface area contributed by atoms with Gasteiger partial charge in [-0.25, -0.2) is 0 Å². The number of nitrogens with two attached hydrogens (primary N) is 3. The fourth-order valence-corrected chi connectivity index (χ4v) is 7.83. The van der Waals surface area contributed by atoms with Gasteiger partial charge in [0.2, 0.25) is 11.8 Å². The number of fused-ring (bicyclic) bond motifs is 5. The SMILES string of the molecule is CCCCCCCCCCCCC(=O)C[C@@H](CCN)C(=O)N(C)[C@@H]1C(=O)C[C@@H](C)C(=O)N[C@H](C(=O)CCC#N)Cc2ccc(OCCN)c(c2)-c2cc1ccc2OCCN. The Labute approximate surface area is 357 Å². The summed E-state index contributed by atoms with van der Waals surface area (Å²) in [6, 6.07) is 10.5. The summed E-state index contributed by atoms with van der Waals surface area (Å²) in [5.74, 6) is -2.31. The molecule has 3 rings (SSSR count). The molecule has 1 aliphatic heterocycles. The molecular weight excluding hydrogens is 761 g/mol. The highest BCUT2D eigenvalue weighted by molar-refractivity contribution is 5.96. The molecule has 4 bridgehead atoms. The number of carbonyl (C=O) groups is 5. The van der Waals surface area contributed by atoms with Crippen LogP contribution in [0.25, 0.3) is 11.1 Å². The first-order chi connectivity index (χ1) is 29.0. The van der Waals surface area contributed by atoms with Crippen molar-refractivity contribution in [2.45, 2.75) is 135 Å². The van der Waals surface area contributed by atoms with Crippen molar-refractivity contribution in [3.63, 3.8) is 0 Å². The molecule has 0 saturated carbocycles. The number of hydrogen-bond acceptors (Lipinski definition) is 11. The number of unbranched alkanes of at least 4 members (excludes halogenated alkanes) is 9. The summed E-state index contributed by atoms with van der Waals surface area (Å²) < 4.78 is 12.2. The molecule has 0 saturated heterocycles. The molecule has 1 heterocycles. The van der Waals surface area contributed by atoms with Crippen molar-refractivity contribution in [3.8, 4) is 28.7 Å². The van der Waals surface area contributed by atoms with Gasteiger partial charge < -0.3 is 36.9 Å². The molecule has 0 radical (unpaired) electrons. The van der Waals surface area contributed by atoms with Crippen LogP contribution in [0, 0.1) is 23.2 Å². The maximum atomic E-state index is 14.6. The second kappa shape index (κ2) is 27.3. The van der Waals surface area contributed by atoms with Crippen molar-refractivity contribution in [2.75, 3.05) is 39.9 Å². The van der Waals surface area contributed by atoms with Crippen LogP contribution < -0.4 is 32.0 Å². The Bertz CT molecular complexity index is 1740. The Kier molecular flexibility index (Phi) is 22.6. The van der Waals surface area contributed by atoms with Crippen LogP contribution in [-0.2, 0) is 30.4 Å². The van der Waals surface area contributed by atoms with Crippen molar-refractivity contribution in [1.29, 1.82) is 5.26 Å². The average Bonchev–Trinajstić information content (AvgIpc) is 3.24. The van der Waals surface area contributed by atoms with E-state index in [0.29, 0.717) is 40.2 Å². The molecule has 0 aromatic heterocycles. The first kappa shape index (κ1) is 49.7. The molecule has 0 aliphatic carbocycles. The van der Waals surface area contributed by atoms with E-state index in [4.69, 9.17) is 26.7 Å². The third-order valence-electron chi connectivity index (χ3n) is 11.2. The number of nitrogens with zero attached hydrogens (tertiary/aromatic N) is 2. The second-order valence-electron chi connectivity index (χ2n) is 16.1. The minimum Gasteiger partial charge on any atom is -0.492 e. The van der Waals surface area contributed by atoms with E-state index < -0.39 is 41.5 Å². The second-order valence-corrected chi connectivity index (χ2v) is 16.1. The third kappa shape index (κ3) is 15.8. The Morgan fingerprint density at radius 2 is 1.43 bits per heavy atom. The lowest BCUT2D eigenvalue weighted by Gasteiger charge is -2.32. The summed E-state index contributed by atoms with van der Waals surface area (Å²) >= 11 is 0. The van der Waals surface area contributed by atoms with Gasteiger partial charge in [-0.3, -0.25) is 24.0 Å². The molecule has 13 nitrogen and oxygen atoms in total. The number of nitrogens with one attached hydrogen (secondary N) is 1. The minimum atomic E-state index is -1.15. The van der Waals surface area contributed by atoms with E-state index in [-0.39, 0.29) is 82.9 Å². The maximum absolute atomic E-state index is 14.6. The van der Waals surface area contributed by atoms with Crippen LogP contribution in [0.15, 0.2) is 36.4 Å². The normalized spacial score (nSPS) is 17.2. The largest absolute Gasteiger partial charge is 0.492 e. The van der Waals surface area contributed by atoms with Gasteiger partial charge in [-0.1, -0.05) is 83.8 Å². The summed E-state index contributed by atoms with van der Waals surface area (Å²) in [4.78, 5) is 70.8. The van der Waals surface area contributed by atoms with Crippen molar-refractivity contribution in [1.82, 2.24) is 10.2 Å². The molecule has 0 fully saturated rings. The number of Topliss-reactive ketones (excluding diaryl/α,β-unsaturated/α-hetero) is 3.